The highest BCUT2D eigenvalue weighted by Crippen LogP contribution is 2.36. The monoisotopic (exact) mass is 409 g/mol. The third kappa shape index (κ3) is 4.94. The highest BCUT2D eigenvalue weighted by atomic mass is 32.1. The van der Waals surface area contributed by atoms with Crippen molar-refractivity contribution >= 4 is 34.4 Å². The summed E-state index contributed by atoms with van der Waals surface area (Å²) in [6.45, 7) is 6.22. The van der Waals surface area contributed by atoms with E-state index in [0.717, 1.165) is 28.9 Å². The van der Waals surface area contributed by atoms with E-state index in [1.54, 1.807) is 0 Å². The highest BCUT2D eigenvalue weighted by Gasteiger charge is 2.31. The van der Waals surface area contributed by atoms with Gasteiger partial charge in [0, 0.05) is 18.8 Å². The lowest BCUT2D eigenvalue weighted by Gasteiger charge is -2.31. The molecule has 0 spiro atoms. The van der Waals surface area contributed by atoms with Crippen molar-refractivity contribution < 1.29 is 17.9 Å². The van der Waals surface area contributed by atoms with Crippen LogP contribution in [0.2, 0.25) is 0 Å². The molecule has 2 aromatic carbocycles. The van der Waals surface area contributed by atoms with Crippen LogP contribution in [0.15, 0.2) is 36.4 Å². The molecule has 3 rings (SSSR count). The number of nitrogens with zero attached hydrogens (tertiary/aromatic N) is 1. The standard InChI is InChI=1S/C20H22F3N3OS/c1-13-3-5-16(14(2)11-13)24-19(28)25-17-12-15(20(21,22)23)4-6-18(17)26-7-9-27-10-8-26/h3-6,11-12H,7-10H2,1-2H3,(H2,24,25,28). The Morgan fingerprint density at radius 2 is 1.68 bits per heavy atom. The van der Waals surface area contributed by atoms with Crippen molar-refractivity contribution in [3.05, 3.63) is 53.1 Å². The Balaban J connectivity index is 1.85. The summed E-state index contributed by atoms with van der Waals surface area (Å²) in [5, 5.41) is 6.26. The number of aryl methyl sites for hydroxylation is 2. The van der Waals surface area contributed by atoms with Crippen LogP contribution in [0.5, 0.6) is 0 Å². The summed E-state index contributed by atoms with van der Waals surface area (Å²) in [5.41, 5.74) is 3.19. The van der Waals surface area contributed by atoms with Crippen molar-refractivity contribution in [2.24, 2.45) is 0 Å². The fourth-order valence-corrected chi connectivity index (χ4v) is 3.34. The van der Waals surface area contributed by atoms with Gasteiger partial charge in [-0.2, -0.15) is 13.2 Å². The van der Waals surface area contributed by atoms with Gasteiger partial charge in [0.15, 0.2) is 5.11 Å². The maximum Gasteiger partial charge on any atom is 0.416 e. The van der Waals surface area contributed by atoms with Crippen molar-refractivity contribution in [1.29, 1.82) is 0 Å². The number of hydrogen-bond donors (Lipinski definition) is 2. The zero-order valence-electron chi connectivity index (χ0n) is 15.7. The fourth-order valence-electron chi connectivity index (χ4n) is 3.12. The zero-order chi connectivity index (χ0) is 20.3. The largest absolute Gasteiger partial charge is 0.416 e. The number of morpholine rings is 1. The summed E-state index contributed by atoms with van der Waals surface area (Å²) in [7, 11) is 0. The second-order valence-electron chi connectivity index (χ2n) is 6.73. The molecule has 28 heavy (non-hydrogen) atoms. The number of hydrogen-bond acceptors (Lipinski definition) is 3. The second kappa shape index (κ2) is 8.36. The van der Waals surface area contributed by atoms with Gasteiger partial charge in [-0.15, -0.1) is 0 Å². The van der Waals surface area contributed by atoms with Crippen LogP contribution in [0.1, 0.15) is 16.7 Å². The Kier molecular flexibility index (Phi) is 6.10. The molecule has 1 fully saturated rings. The number of rotatable bonds is 3. The molecule has 0 atom stereocenters. The first-order chi connectivity index (χ1) is 13.2. The molecule has 1 aliphatic heterocycles. The predicted octanol–water partition coefficient (Wildman–Crippen LogP) is 4.97. The lowest BCUT2D eigenvalue weighted by atomic mass is 10.1. The molecule has 0 unspecified atom stereocenters. The van der Waals surface area contributed by atoms with Crippen LogP contribution >= 0.6 is 12.2 Å². The van der Waals surface area contributed by atoms with Gasteiger partial charge in [0.2, 0.25) is 0 Å². The van der Waals surface area contributed by atoms with Crippen LogP contribution in [0, 0.1) is 13.8 Å². The van der Waals surface area contributed by atoms with Gasteiger partial charge >= 0.3 is 6.18 Å². The SMILES string of the molecule is Cc1ccc(NC(=S)Nc2cc(C(F)(F)F)ccc2N2CCOCC2)c(C)c1. The molecule has 1 heterocycles. The van der Waals surface area contributed by atoms with Gasteiger partial charge in [0.25, 0.3) is 0 Å². The molecule has 0 bridgehead atoms. The first-order valence-corrected chi connectivity index (χ1v) is 9.34. The molecule has 1 saturated heterocycles. The average molecular weight is 409 g/mol. The van der Waals surface area contributed by atoms with E-state index in [9.17, 15) is 13.2 Å². The fraction of sp³-hybridized carbons (Fsp3) is 0.350. The van der Waals surface area contributed by atoms with Crippen molar-refractivity contribution in [3.8, 4) is 0 Å². The Labute approximate surface area is 167 Å². The lowest BCUT2D eigenvalue weighted by Crippen LogP contribution is -2.37. The Morgan fingerprint density at radius 3 is 2.32 bits per heavy atom. The molecular formula is C20H22F3N3OS. The van der Waals surface area contributed by atoms with Crippen LogP contribution in [0.4, 0.5) is 30.2 Å². The summed E-state index contributed by atoms with van der Waals surface area (Å²) >= 11 is 5.36. The first-order valence-electron chi connectivity index (χ1n) is 8.93. The third-order valence-electron chi connectivity index (χ3n) is 4.55. The van der Waals surface area contributed by atoms with E-state index >= 15 is 0 Å². The number of anilines is 3. The summed E-state index contributed by atoms with van der Waals surface area (Å²) in [5.74, 6) is 0. The number of thiocarbonyl (C=S) groups is 1. The lowest BCUT2D eigenvalue weighted by molar-refractivity contribution is -0.137. The van der Waals surface area contributed by atoms with Crippen LogP contribution in [-0.4, -0.2) is 31.4 Å². The molecule has 4 nitrogen and oxygen atoms in total. The molecule has 150 valence electrons. The Hall–Kier alpha value is -2.32. The van der Waals surface area contributed by atoms with Gasteiger partial charge in [-0.1, -0.05) is 17.7 Å². The van der Waals surface area contributed by atoms with Gasteiger partial charge < -0.3 is 20.3 Å². The minimum Gasteiger partial charge on any atom is -0.378 e. The van der Waals surface area contributed by atoms with Crippen LogP contribution < -0.4 is 15.5 Å². The van der Waals surface area contributed by atoms with Crippen molar-refractivity contribution in [2.45, 2.75) is 20.0 Å². The highest BCUT2D eigenvalue weighted by molar-refractivity contribution is 7.80. The van der Waals surface area contributed by atoms with Crippen LogP contribution in [-0.2, 0) is 10.9 Å². The number of halogens is 3. The average Bonchev–Trinajstić information content (AvgIpc) is 2.64. The van der Waals surface area contributed by atoms with Gasteiger partial charge in [0.1, 0.15) is 0 Å². The molecule has 0 amide bonds. The summed E-state index contributed by atoms with van der Waals surface area (Å²) in [6.07, 6.45) is -4.43. The van der Waals surface area contributed by atoms with E-state index in [-0.39, 0.29) is 5.11 Å². The van der Waals surface area contributed by atoms with Crippen LogP contribution in [0.3, 0.4) is 0 Å². The van der Waals surface area contributed by atoms with Gasteiger partial charge in [-0.3, -0.25) is 0 Å². The maximum atomic E-state index is 13.2. The second-order valence-corrected chi connectivity index (χ2v) is 7.13. The molecule has 2 N–H and O–H groups in total. The summed E-state index contributed by atoms with van der Waals surface area (Å²) in [6, 6.07) is 9.52. The smallest absolute Gasteiger partial charge is 0.378 e. The topological polar surface area (TPSA) is 36.5 Å². The van der Waals surface area contributed by atoms with E-state index in [4.69, 9.17) is 17.0 Å². The first kappa shape index (κ1) is 20.4. The number of alkyl halides is 3. The summed E-state index contributed by atoms with van der Waals surface area (Å²) < 4.78 is 45.0. The molecule has 0 aliphatic carbocycles. The molecule has 8 heteroatoms. The van der Waals surface area contributed by atoms with Gasteiger partial charge in [0.05, 0.1) is 30.2 Å². The zero-order valence-corrected chi connectivity index (χ0v) is 16.5. The van der Waals surface area contributed by atoms with E-state index in [1.165, 1.54) is 6.07 Å². The van der Waals surface area contributed by atoms with E-state index < -0.39 is 11.7 Å². The minimum atomic E-state index is -4.43. The number of benzene rings is 2. The summed E-state index contributed by atoms with van der Waals surface area (Å²) in [4.78, 5) is 1.99. The van der Waals surface area contributed by atoms with Gasteiger partial charge in [-0.25, -0.2) is 0 Å². The van der Waals surface area contributed by atoms with Crippen molar-refractivity contribution in [1.82, 2.24) is 0 Å². The quantitative estimate of drug-likeness (QED) is 0.701. The van der Waals surface area contributed by atoms with E-state index in [0.29, 0.717) is 37.7 Å². The predicted molar refractivity (Wildman–Crippen MR) is 110 cm³/mol. The number of ether oxygens (including phenoxy) is 1. The normalized spacial score (nSPS) is 14.7. The third-order valence-corrected chi connectivity index (χ3v) is 4.76. The molecule has 0 radical (unpaired) electrons. The maximum absolute atomic E-state index is 13.2. The van der Waals surface area contributed by atoms with Crippen molar-refractivity contribution in [2.75, 3.05) is 41.8 Å². The minimum absolute atomic E-state index is 0.237. The van der Waals surface area contributed by atoms with E-state index in [2.05, 4.69) is 10.6 Å². The van der Waals surface area contributed by atoms with Crippen LogP contribution in [0.25, 0.3) is 0 Å². The molecule has 1 aliphatic rings. The molecule has 0 aromatic heterocycles. The Bertz CT molecular complexity index is 864. The van der Waals surface area contributed by atoms with E-state index in [1.807, 2.05) is 36.9 Å². The number of nitrogens with one attached hydrogen (secondary N) is 2. The molecule has 2 aromatic rings. The molecular weight excluding hydrogens is 387 g/mol. The Morgan fingerprint density at radius 1 is 1.00 bits per heavy atom. The van der Waals surface area contributed by atoms with Gasteiger partial charge in [-0.05, 0) is 55.9 Å². The molecule has 0 saturated carbocycles. The van der Waals surface area contributed by atoms with Crippen molar-refractivity contribution in [3.63, 3.8) is 0 Å².